The Morgan fingerprint density at radius 2 is 2.19 bits per heavy atom. The summed E-state index contributed by atoms with van der Waals surface area (Å²) in [7, 11) is 0. The number of aliphatic carboxylic acids is 1. The lowest BCUT2D eigenvalue weighted by Crippen LogP contribution is -2.54. The van der Waals surface area contributed by atoms with Gasteiger partial charge in [-0.25, -0.2) is 9.18 Å². The number of carbonyl (C=O) groups excluding carboxylic acids is 1. The first-order valence-corrected chi connectivity index (χ1v) is 6.41. The Bertz CT molecular complexity index is 620. The number of likely N-dealkylation sites (tertiary alicyclic amines) is 1. The minimum atomic E-state index is -0.892. The Balaban J connectivity index is 1.98. The van der Waals surface area contributed by atoms with E-state index in [1.807, 2.05) is 0 Å². The molecule has 1 aliphatic heterocycles. The molecule has 7 heteroatoms. The van der Waals surface area contributed by atoms with Gasteiger partial charge in [0.15, 0.2) is 0 Å². The summed E-state index contributed by atoms with van der Waals surface area (Å²) in [6.07, 6.45) is 0. The zero-order valence-corrected chi connectivity index (χ0v) is 11.3. The summed E-state index contributed by atoms with van der Waals surface area (Å²) in [6.45, 7) is 2.26. The second-order valence-corrected chi connectivity index (χ2v) is 5.00. The molecule has 2 rings (SSSR count). The minimum absolute atomic E-state index is 0.0869. The summed E-state index contributed by atoms with van der Waals surface area (Å²) in [5.74, 6) is -2.19. The van der Waals surface area contributed by atoms with Gasteiger partial charge in [0.25, 0.3) is 0 Å². The summed E-state index contributed by atoms with van der Waals surface area (Å²) in [4.78, 5) is 24.2. The molecule has 0 spiro atoms. The number of rotatable bonds is 3. The first-order valence-electron chi connectivity index (χ1n) is 6.41. The Kier molecular flexibility index (Phi) is 4.08. The van der Waals surface area contributed by atoms with Crippen molar-refractivity contribution in [2.75, 3.05) is 18.4 Å². The maximum absolute atomic E-state index is 13.4. The van der Waals surface area contributed by atoms with E-state index in [-0.39, 0.29) is 17.2 Å². The maximum atomic E-state index is 13.4. The number of benzene rings is 1. The first kappa shape index (κ1) is 14.8. The number of nitrogens with one attached hydrogen (secondary N) is 1. The predicted molar refractivity (Wildman–Crippen MR) is 72.0 cm³/mol. The lowest BCUT2D eigenvalue weighted by atomic mass is 9.87. The van der Waals surface area contributed by atoms with Gasteiger partial charge < -0.3 is 15.3 Å². The molecule has 0 radical (unpaired) electrons. The standard InChI is InChI=1S/C14H14FN3O3/c1-8(13(19)20)9-6-18(7-9)14(21)17-12-4-2-3-11(15)10(12)5-16/h2-4,8-9H,6-7H2,1H3,(H,17,21)(H,19,20). The monoisotopic (exact) mass is 291 g/mol. The van der Waals surface area contributed by atoms with Crippen molar-refractivity contribution in [3.63, 3.8) is 0 Å². The number of urea groups is 1. The number of nitriles is 1. The molecule has 0 aromatic heterocycles. The number of carboxylic acids is 1. The number of hydrogen-bond donors (Lipinski definition) is 2. The third kappa shape index (κ3) is 2.94. The van der Waals surface area contributed by atoms with Crippen LogP contribution >= 0.6 is 0 Å². The van der Waals surface area contributed by atoms with Gasteiger partial charge in [0, 0.05) is 19.0 Å². The van der Waals surface area contributed by atoms with E-state index in [0.29, 0.717) is 13.1 Å². The van der Waals surface area contributed by atoms with Gasteiger partial charge in [-0.15, -0.1) is 0 Å². The molecule has 110 valence electrons. The average molecular weight is 291 g/mol. The molecule has 1 unspecified atom stereocenters. The Morgan fingerprint density at radius 1 is 1.52 bits per heavy atom. The number of carboxylic acid groups (broad SMARTS) is 1. The quantitative estimate of drug-likeness (QED) is 0.889. The van der Waals surface area contributed by atoms with Crippen LogP contribution in [0.1, 0.15) is 12.5 Å². The van der Waals surface area contributed by atoms with E-state index in [1.165, 1.54) is 17.0 Å². The van der Waals surface area contributed by atoms with Crippen LogP contribution in [0.15, 0.2) is 18.2 Å². The van der Waals surface area contributed by atoms with Crippen molar-refractivity contribution in [2.24, 2.45) is 11.8 Å². The molecule has 0 aliphatic carbocycles. The van der Waals surface area contributed by atoms with Gasteiger partial charge in [0.2, 0.25) is 0 Å². The lowest BCUT2D eigenvalue weighted by molar-refractivity contribution is -0.144. The smallest absolute Gasteiger partial charge is 0.321 e. The van der Waals surface area contributed by atoms with Gasteiger partial charge in [-0.3, -0.25) is 4.79 Å². The van der Waals surface area contributed by atoms with Crippen LogP contribution in [0.5, 0.6) is 0 Å². The molecule has 0 bridgehead atoms. The van der Waals surface area contributed by atoms with Gasteiger partial charge in [0.05, 0.1) is 11.6 Å². The second-order valence-electron chi connectivity index (χ2n) is 5.00. The molecule has 21 heavy (non-hydrogen) atoms. The average Bonchev–Trinajstić information content (AvgIpc) is 2.37. The molecule has 6 nitrogen and oxygen atoms in total. The Morgan fingerprint density at radius 3 is 2.76 bits per heavy atom. The highest BCUT2D eigenvalue weighted by Gasteiger charge is 2.37. The summed E-state index contributed by atoms with van der Waals surface area (Å²) < 4.78 is 13.4. The fourth-order valence-corrected chi connectivity index (χ4v) is 2.13. The van der Waals surface area contributed by atoms with Crippen molar-refractivity contribution in [1.29, 1.82) is 5.26 Å². The first-order chi connectivity index (χ1) is 9.93. The molecule has 1 atom stereocenters. The van der Waals surface area contributed by atoms with Gasteiger partial charge in [-0.1, -0.05) is 13.0 Å². The zero-order chi connectivity index (χ0) is 15.6. The van der Waals surface area contributed by atoms with E-state index in [1.54, 1.807) is 13.0 Å². The van der Waals surface area contributed by atoms with Crippen molar-refractivity contribution in [3.8, 4) is 6.07 Å². The van der Waals surface area contributed by atoms with Crippen LogP contribution in [-0.2, 0) is 4.79 Å². The highest BCUT2D eigenvalue weighted by molar-refractivity contribution is 5.91. The number of carbonyl (C=O) groups is 2. The van der Waals surface area contributed by atoms with E-state index in [4.69, 9.17) is 10.4 Å². The van der Waals surface area contributed by atoms with Crippen LogP contribution in [-0.4, -0.2) is 35.1 Å². The second kappa shape index (κ2) is 5.79. The largest absolute Gasteiger partial charge is 0.481 e. The number of anilines is 1. The van der Waals surface area contributed by atoms with Crippen LogP contribution in [0, 0.1) is 29.0 Å². The number of nitrogens with zero attached hydrogens (tertiary/aromatic N) is 2. The molecule has 1 heterocycles. The van der Waals surface area contributed by atoms with Crippen LogP contribution in [0.2, 0.25) is 0 Å². The fourth-order valence-electron chi connectivity index (χ4n) is 2.13. The van der Waals surface area contributed by atoms with E-state index < -0.39 is 23.7 Å². The topological polar surface area (TPSA) is 93.4 Å². The highest BCUT2D eigenvalue weighted by atomic mass is 19.1. The molecule has 1 saturated heterocycles. The fraction of sp³-hybridized carbons (Fsp3) is 0.357. The van der Waals surface area contributed by atoms with E-state index in [0.717, 1.165) is 6.07 Å². The summed E-state index contributed by atoms with van der Waals surface area (Å²) in [5, 5.41) is 20.2. The van der Waals surface area contributed by atoms with E-state index >= 15 is 0 Å². The molecule has 1 fully saturated rings. The van der Waals surface area contributed by atoms with Crippen LogP contribution in [0.3, 0.4) is 0 Å². The Hall–Kier alpha value is -2.62. The van der Waals surface area contributed by atoms with Crippen LogP contribution in [0.4, 0.5) is 14.9 Å². The SMILES string of the molecule is CC(C(=O)O)C1CN(C(=O)Nc2cccc(F)c2C#N)C1. The molecule has 1 aliphatic rings. The minimum Gasteiger partial charge on any atom is -0.481 e. The molecule has 1 aromatic carbocycles. The molecular weight excluding hydrogens is 277 g/mol. The third-order valence-corrected chi connectivity index (χ3v) is 3.66. The third-order valence-electron chi connectivity index (χ3n) is 3.66. The number of hydrogen-bond acceptors (Lipinski definition) is 3. The summed E-state index contributed by atoms with van der Waals surface area (Å²) >= 11 is 0. The maximum Gasteiger partial charge on any atom is 0.321 e. The van der Waals surface area contributed by atoms with Crippen LogP contribution < -0.4 is 5.32 Å². The molecular formula is C14H14FN3O3. The normalized spacial score (nSPS) is 15.8. The zero-order valence-electron chi connectivity index (χ0n) is 11.3. The van der Waals surface area contributed by atoms with E-state index in [9.17, 15) is 14.0 Å². The van der Waals surface area contributed by atoms with Gasteiger partial charge in [-0.05, 0) is 12.1 Å². The number of amides is 2. The van der Waals surface area contributed by atoms with Crippen molar-refractivity contribution >= 4 is 17.7 Å². The van der Waals surface area contributed by atoms with Crippen LogP contribution in [0.25, 0.3) is 0 Å². The van der Waals surface area contributed by atoms with Crippen molar-refractivity contribution in [3.05, 3.63) is 29.6 Å². The molecule has 1 aromatic rings. The molecule has 0 saturated carbocycles. The summed E-state index contributed by atoms with van der Waals surface area (Å²) in [6, 6.07) is 5.22. The van der Waals surface area contributed by atoms with Crippen molar-refractivity contribution < 1.29 is 19.1 Å². The van der Waals surface area contributed by atoms with Gasteiger partial charge in [-0.2, -0.15) is 5.26 Å². The Labute approximate surface area is 120 Å². The van der Waals surface area contributed by atoms with Gasteiger partial charge >= 0.3 is 12.0 Å². The molecule has 2 N–H and O–H groups in total. The number of halogens is 1. The molecule has 2 amide bonds. The van der Waals surface area contributed by atoms with Crippen molar-refractivity contribution in [2.45, 2.75) is 6.92 Å². The van der Waals surface area contributed by atoms with E-state index in [2.05, 4.69) is 5.32 Å². The lowest BCUT2D eigenvalue weighted by Gasteiger charge is -2.41. The predicted octanol–water partition coefficient (Wildman–Crippen LogP) is 1.88. The highest BCUT2D eigenvalue weighted by Crippen LogP contribution is 2.25. The van der Waals surface area contributed by atoms with Gasteiger partial charge in [0.1, 0.15) is 17.4 Å². The summed E-state index contributed by atoms with van der Waals surface area (Å²) in [5.41, 5.74) is -0.112. The van der Waals surface area contributed by atoms with Crippen molar-refractivity contribution in [1.82, 2.24) is 4.90 Å².